The molecule has 1 aromatic heterocycles. The number of thiazole rings is 1. The molecule has 0 aromatic carbocycles. The maximum atomic E-state index is 12.4. The lowest BCUT2D eigenvalue weighted by molar-refractivity contribution is -0.146. The van der Waals surface area contributed by atoms with Gasteiger partial charge in [-0.25, -0.2) is 14.4 Å². The summed E-state index contributed by atoms with van der Waals surface area (Å²) >= 11 is 0.992. The molecule has 1 fully saturated rings. The van der Waals surface area contributed by atoms with Gasteiger partial charge in [0, 0.05) is 5.38 Å². The molecule has 1 saturated heterocycles. The van der Waals surface area contributed by atoms with Crippen LogP contribution in [-0.4, -0.2) is 74.0 Å². The number of nitrogen functional groups attached to an aromatic ring is 1. The number of carbonyl (C=O) groups is 2. The minimum atomic E-state index is -5.05. The highest BCUT2D eigenvalue weighted by Crippen LogP contribution is 2.24. The van der Waals surface area contributed by atoms with Gasteiger partial charge in [0.1, 0.15) is 24.9 Å². The van der Waals surface area contributed by atoms with Gasteiger partial charge in [-0.3, -0.25) is 18.3 Å². The van der Waals surface area contributed by atoms with Crippen molar-refractivity contribution in [1.29, 1.82) is 0 Å². The van der Waals surface area contributed by atoms with Gasteiger partial charge in [-0.15, -0.1) is 11.3 Å². The first kappa shape index (κ1) is 21.9. The number of carbonyl (C=O) groups excluding carboxylic acids is 2. The van der Waals surface area contributed by atoms with Crippen molar-refractivity contribution in [1.82, 2.24) is 14.6 Å². The van der Waals surface area contributed by atoms with Crippen molar-refractivity contribution in [2.75, 3.05) is 19.5 Å². The van der Waals surface area contributed by atoms with Crippen LogP contribution in [0.4, 0.5) is 5.13 Å². The van der Waals surface area contributed by atoms with Gasteiger partial charge in [-0.05, 0) is 0 Å². The monoisotopic (exact) mass is 458 g/mol. The van der Waals surface area contributed by atoms with Crippen LogP contribution < -0.4 is 16.2 Å². The Morgan fingerprint density at radius 3 is 2.57 bits per heavy atom. The molecule has 1 aromatic rings. The second kappa shape index (κ2) is 7.93. The second-order valence-electron chi connectivity index (χ2n) is 5.10. The number of nitrogens with two attached hydrogens (primary N) is 2. The van der Waals surface area contributed by atoms with Gasteiger partial charge in [0.2, 0.25) is 0 Å². The molecule has 2 atom stereocenters. The number of anilines is 1. The fraction of sp³-hybridized carbons (Fsp3) is 0.400. The van der Waals surface area contributed by atoms with E-state index in [0.717, 1.165) is 18.4 Å². The summed E-state index contributed by atoms with van der Waals surface area (Å²) in [5, 5.41) is 11.8. The van der Waals surface area contributed by atoms with Crippen LogP contribution in [0.3, 0.4) is 0 Å². The number of nitrogens with one attached hydrogen (secondary N) is 1. The van der Waals surface area contributed by atoms with Gasteiger partial charge in [0.15, 0.2) is 10.8 Å². The van der Waals surface area contributed by atoms with Crippen LogP contribution in [0, 0.1) is 0 Å². The lowest BCUT2D eigenvalue weighted by atomic mass is 9.99. The molecule has 0 unspecified atom stereocenters. The summed E-state index contributed by atoms with van der Waals surface area (Å²) in [5.74, 6) is -2.26. The molecule has 15 nitrogen and oxygen atoms in total. The Balaban J connectivity index is 2.24. The molecular weight excluding hydrogens is 444 g/mol. The predicted octanol–water partition coefficient (Wildman–Crippen LogP) is -3.21. The van der Waals surface area contributed by atoms with Crippen molar-refractivity contribution in [2.24, 2.45) is 10.3 Å². The summed E-state index contributed by atoms with van der Waals surface area (Å²) < 4.78 is 57.7. The van der Waals surface area contributed by atoms with Crippen molar-refractivity contribution in [3.8, 4) is 0 Å². The third kappa shape index (κ3) is 4.91. The maximum Gasteiger partial charge on any atom is 0.362 e. The van der Waals surface area contributed by atoms with Crippen LogP contribution in [0.2, 0.25) is 0 Å². The summed E-state index contributed by atoms with van der Waals surface area (Å²) in [4.78, 5) is 32.8. The van der Waals surface area contributed by atoms with E-state index in [4.69, 9.17) is 10.3 Å². The highest BCUT2D eigenvalue weighted by Gasteiger charge is 2.54. The molecule has 2 rings (SSSR count). The van der Waals surface area contributed by atoms with Gasteiger partial charge in [-0.2, -0.15) is 16.8 Å². The van der Waals surface area contributed by atoms with Crippen molar-refractivity contribution >= 4 is 54.6 Å². The fourth-order valence-electron chi connectivity index (χ4n) is 2.19. The topological polar surface area (TPSA) is 234 Å². The van der Waals surface area contributed by atoms with E-state index >= 15 is 0 Å². The average molecular weight is 458 g/mol. The first-order chi connectivity index (χ1) is 12.8. The third-order valence-electron chi connectivity index (χ3n) is 3.27. The molecule has 1 aliphatic heterocycles. The van der Waals surface area contributed by atoms with Gasteiger partial charge >= 0.3 is 20.6 Å². The van der Waals surface area contributed by atoms with Crippen LogP contribution >= 0.6 is 11.3 Å². The fourth-order valence-corrected chi connectivity index (χ4v) is 3.93. The van der Waals surface area contributed by atoms with E-state index in [1.165, 1.54) is 5.38 Å². The number of amides is 2. The number of aromatic nitrogens is 1. The summed E-state index contributed by atoms with van der Waals surface area (Å²) in [6.07, 6.45) is 0. The molecule has 6 N–H and O–H groups in total. The first-order valence-corrected chi connectivity index (χ1v) is 10.7. The SMILES string of the molecule is CO/N=C(/C(=O)N[C@@H]1C(=O)N(S(=O)(=O)O)[C@@H]1COS(N)(=O)=O)c1csc(N)n1. The number of oxime groups is 1. The predicted molar refractivity (Wildman–Crippen MR) is 93.2 cm³/mol. The number of β-lactam (4-membered cyclic amide) rings is 1. The largest absolute Gasteiger partial charge is 0.398 e. The summed E-state index contributed by atoms with van der Waals surface area (Å²) in [6.45, 7) is -0.949. The Bertz CT molecular complexity index is 1020. The van der Waals surface area contributed by atoms with Gasteiger partial charge < -0.3 is 15.9 Å². The zero-order chi connectivity index (χ0) is 21.3. The smallest absolute Gasteiger partial charge is 0.362 e. The standard InChI is InChI=1S/C10H14N6O9S3/c1-24-15-6(4-3-26-10(11)13-4)8(17)14-7-5(2-25-27(12,19)20)16(9(7)18)28(21,22)23/h3,5,7H,2H2,1H3,(H2,11,13)(H,14,17)(H2,12,19,20)(H,21,22,23)/b15-6+/t5-,7+/m1/s1. The molecule has 156 valence electrons. The number of hydrogen-bond donors (Lipinski definition) is 4. The van der Waals surface area contributed by atoms with Gasteiger partial charge in [0.25, 0.3) is 11.8 Å². The summed E-state index contributed by atoms with van der Waals surface area (Å²) in [6, 6.07) is -3.16. The van der Waals surface area contributed by atoms with E-state index in [-0.39, 0.29) is 20.8 Å². The normalized spacial score (nSPS) is 20.6. The molecule has 1 aliphatic rings. The molecule has 2 heterocycles. The molecule has 0 saturated carbocycles. The van der Waals surface area contributed by atoms with Gasteiger partial charge in [0.05, 0.1) is 6.61 Å². The van der Waals surface area contributed by atoms with E-state index in [0.29, 0.717) is 0 Å². The van der Waals surface area contributed by atoms with Crippen molar-refractivity contribution in [3.63, 3.8) is 0 Å². The van der Waals surface area contributed by atoms with E-state index < -0.39 is 51.1 Å². The Hall–Kier alpha value is -2.38. The zero-order valence-electron chi connectivity index (χ0n) is 13.9. The molecule has 0 bridgehead atoms. The Labute approximate surface area is 162 Å². The number of hydrogen-bond acceptors (Lipinski definition) is 12. The molecule has 28 heavy (non-hydrogen) atoms. The van der Waals surface area contributed by atoms with Crippen LogP contribution in [0.25, 0.3) is 0 Å². The number of rotatable bonds is 8. The lowest BCUT2D eigenvalue weighted by Gasteiger charge is -2.43. The molecule has 2 amide bonds. The van der Waals surface area contributed by atoms with Crippen molar-refractivity contribution in [2.45, 2.75) is 12.1 Å². The van der Waals surface area contributed by atoms with Crippen LogP contribution in [-0.2, 0) is 39.2 Å². The van der Waals surface area contributed by atoms with Crippen LogP contribution in [0.1, 0.15) is 5.69 Å². The van der Waals surface area contributed by atoms with E-state index in [1.807, 2.05) is 0 Å². The second-order valence-corrected chi connectivity index (χ2v) is 8.50. The van der Waals surface area contributed by atoms with Crippen molar-refractivity contribution < 1.29 is 40.0 Å². The zero-order valence-corrected chi connectivity index (χ0v) is 16.3. The summed E-state index contributed by atoms with van der Waals surface area (Å²) in [5.41, 5.74) is 5.10. The van der Waals surface area contributed by atoms with Crippen molar-refractivity contribution in [3.05, 3.63) is 11.1 Å². The third-order valence-corrected chi connectivity index (χ3v) is 5.36. The Morgan fingerprint density at radius 1 is 1.46 bits per heavy atom. The number of nitrogens with zero attached hydrogens (tertiary/aromatic N) is 3. The minimum absolute atomic E-state index is 0.0117. The van der Waals surface area contributed by atoms with Gasteiger partial charge in [-0.1, -0.05) is 5.16 Å². The molecular formula is C10H14N6O9S3. The minimum Gasteiger partial charge on any atom is -0.398 e. The van der Waals surface area contributed by atoms with Crippen LogP contribution in [0.5, 0.6) is 0 Å². The average Bonchev–Trinajstić information content (AvgIpc) is 2.97. The highest BCUT2D eigenvalue weighted by molar-refractivity contribution is 7.84. The maximum absolute atomic E-state index is 12.4. The Morgan fingerprint density at radius 2 is 2.11 bits per heavy atom. The van der Waals surface area contributed by atoms with E-state index in [1.54, 1.807) is 0 Å². The molecule has 0 aliphatic carbocycles. The van der Waals surface area contributed by atoms with E-state index in [9.17, 15) is 26.4 Å². The quantitative estimate of drug-likeness (QED) is 0.131. The first-order valence-electron chi connectivity index (χ1n) is 6.96. The highest BCUT2D eigenvalue weighted by atomic mass is 32.2. The lowest BCUT2D eigenvalue weighted by Crippen LogP contribution is -2.73. The molecule has 0 radical (unpaired) electrons. The molecule has 18 heteroatoms. The molecule has 0 spiro atoms. The van der Waals surface area contributed by atoms with E-state index in [2.05, 4.69) is 29.6 Å². The Kier molecular flexibility index (Phi) is 6.21. The van der Waals surface area contributed by atoms with Crippen LogP contribution in [0.15, 0.2) is 10.5 Å². The summed E-state index contributed by atoms with van der Waals surface area (Å²) in [7, 11) is -8.40.